The van der Waals surface area contributed by atoms with Gasteiger partial charge in [-0.05, 0) is 0 Å². The molecule has 0 unspecified atom stereocenters. The molecule has 0 bridgehead atoms. The van der Waals surface area contributed by atoms with Crippen LogP contribution in [0.2, 0.25) is 0 Å². The maximum absolute atomic E-state index is 12.1. The Morgan fingerprint density at radius 2 is 1.40 bits per heavy atom. The molecule has 0 aliphatic rings. The average molecular weight is 243 g/mol. The van der Waals surface area contributed by atoms with Gasteiger partial charge in [0, 0.05) is 0 Å². The molecule has 0 radical (unpaired) electrons. The van der Waals surface area contributed by atoms with Crippen molar-refractivity contribution in [1.29, 1.82) is 0 Å². The van der Waals surface area contributed by atoms with Crippen LogP contribution in [0.25, 0.3) is 0 Å². The quantitative estimate of drug-likeness (QED) is 0.433. The lowest BCUT2D eigenvalue weighted by Gasteiger charge is -2.24. The highest BCUT2D eigenvalue weighted by molar-refractivity contribution is 5.78. The molecule has 0 saturated heterocycles. The normalized spacial score (nSPS) is 13.5. The van der Waals surface area contributed by atoms with Crippen LogP contribution in [-0.4, -0.2) is 24.0 Å². The van der Waals surface area contributed by atoms with E-state index in [0.717, 1.165) is 5.34 Å². The highest BCUT2D eigenvalue weighted by Crippen LogP contribution is 2.46. The second kappa shape index (κ2) is 3.62. The highest BCUT2D eigenvalue weighted by Gasteiger charge is 2.77. The number of halogens is 7. The summed E-state index contributed by atoms with van der Waals surface area (Å²) in [5, 5.41) is 1.02. The van der Waals surface area contributed by atoms with E-state index in [9.17, 15) is 35.5 Å². The van der Waals surface area contributed by atoms with Crippen LogP contribution in [-0.2, 0) is 9.63 Å². The fourth-order valence-corrected chi connectivity index (χ4v) is 0.397. The minimum atomic E-state index is -6.67. The van der Waals surface area contributed by atoms with Crippen LogP contribution in [0.5, 0.6) is 0 Å². The minimum Gasteiger partial charge on any atom is -0.277 e. The highest BCUT2D eigenvalue weighted by atomic mass is 19.4. The second-order valence-electron chi connectivity index (χ2n) is 2.10. The average Bonchev–Trinajstić information content (AvgIpc) is 2.02. The van der Waals surface area contributed by atoms with Crippen LogP contribution in [0.1, 0.15) is 0 Å². The Morgan fingerprint density at radius 3 is 1.67 bits per heavy atom. The van der Waals surface area contributed by atoms with Gasteiger partial charge >= 0.3 is 24.0 Å². The van der Waals surface area contributed by atoms with E-state index >= 15 is 0 Å². The van der Waals surface area contributed by atoms with Crippen LogP contribution in [0.15, 0.2) is 5.34 Å². The smallest absolute Gasteiger partial charge is 0.277 e. The fourth-order valence-electron chi connectivity index (χ4n) is 0.397. The lowest BCUT2D eigenvalue weighted by Crippen LogP contribution is -2.56. The maximum Gasteiger partial charge on any atom is 0.460 e. The molecule has 0 aromatic rings. The van der Waals surface area contributed by atoms with Crippen LogP contribution in [0.3, 0.4) is 0 Å². The summed E-state index contributed by atoms with van der Waals surface area (Å²) in [6.07, 6.45) is -6.67. The zero-order chi connectivity index (χ0) is 12.5. The molecule has 0 amide bonds. The molecule has 88 valence electrons. The third-order valence-electron chi connectivity index (χ3n) is 1.13. The van der Waals surface area contributed by atoms with Crippen molar-refractivity contribution in [2.75, 3.05) is 0 Å². The Kier molecular flexibility index (Phi) is 3.28. The Labute approximate surface area is 75.9 Å². The van der Waals surface area contributed by atoms with E-state index in [1.165, 1.54) is 0 Å². The molecular weight excluding hydrogens is 243 g/mol. The van der Waals surface area contributed by atoms with Crippen LogP contribution < -0.4 is 0 Å². The molecule has 15 heavy (non-hydrogen) atoms. The van der Waals surface area contributed by atoms with Crippen molar-refractivity contribution in [3.05, 3.63) is 4.91 Å². The Morgan fingerprint density at radius 1 is 1.00 bits per heavy atom. The summed E-state index contributed by atoms with van der Waals surface area (Å²) < 4.78 is 82.3. The zero-order valence-corrected chi connectivity index (χ0v) is 6.32. The van der Waals surface area contributed by atoms with Crippen molar-refractivity contribution >= 4 is 5.97 Å². The summed E-state index contributed by atoms with van der Waals surface area (Å²) in [6, 6.07) is 0. The number of hydrogen-bond donors (Lipinski definition) is 0. The van der Waals surface area contributed by atoms with Crippen LogP contribution in [0.4, 0.5) is 30.7 Å². The first-order valence-corrected chi connectivity index (χ1v) is 2.85. The monoisotopic (exact) mass is 243 g/mol. The summed E-state index contributed by atoms with van der Waals surface area (Å²) in [7, 11) is 0. The molecule has 0 fully saturated rings. The molecule has 0 N–H and O–H groups in total. The van der Waals surface area contributed by atoms with Gasteiger partial charge in [-0.25, -0.2) is 4.79 Å². The lowest BCUT2D eigenvalue weighted by atomic mass is 10.1. The molecule has 0 atom stereocenters. The molecule has 4 nitrogen and oxygen atoms in total. The van der Waals surface area contributed by atoms with Crippen molar-refractivity contribution in [2.24, 2.45) is 5.34 Å². The minimum absolute atomic E-state index is 1.02. The van der Waals surface area contributed by atoms with Crippen LogP contribution in [0, 0.1) is 4.91 Å². The molecule has 0 saturated carbocycles. The number of hydrogen-bond acceptors (Lipinski definition) is 4. The van der Waals surface area contributed by atoms with Gasteiger partial charge in [0.25, 0.3) is 0 Å². The lowest BCUT2D eigenvalue weighted by molar-refractivity contribution is -0.348. The predicted molar refractivity (Wildman–Crippen MR) is 27.8 cm³/mol. The summed E-state index contributed by atoms with van der Waals surface area (Å²) in [5.41, 5.74) is 0. The molecule has 0 aromatic heterocycles. The van der Waals surface area contributed by atoms with Gasteiger partial charge in [-0.2, -0.15) is 30.7 Å². The third kappa shape index (κ3) is 2.15. The van der Waals surface area contributed by atoms with Gasteiger partial charge in [-0.15, -0.1) is 4.91 Å². The van der Waals surface area contributed by atoms with Gasteiger partial charge in [0.05, 0.1) is 0 Å². The van der Waals surface area contributed by atoms with E-state index in [0.29, 0.717) is 0 Å². The van der Waals surface area contributed by atoms with Crippen molar-refractivity contribution in [3.8, 4) is 0 Å². The van der Waals surface area contributed by atoms with Crippen LogP contribution >= 0.6 is 0 Å². The molecule has 0 aliphatic heterocycles. The fraction of sp³-hybridized carbons (Fsp3) is 0.750. The Hall–Kier alpha value is -1.42. The van der Waals surface area contributed by atoms with Gasteiger partial charge in [0.15, 0.2) is 5.34 Å². The van der Waals surface area contributed by atoms with Gasteiger partial charge in [-0.3, -0.25) is 4.84 Å². The number of nitrogens with zero attached hydrogens (tertiary/aromatic N) is 1. The summed E-state index contributed by atoms with van der Waals surface area (Å²) in [6.45, 7) is 0. The van der Waals surface area contributed by atoms with Crippen molar-refractivity contribution in [2.45, 2.75) is 18.0 Å². The maximum atomic E-state index is 12.1. The summed E-state index contributed by atoms with van der Waals surface area (Å²) in [5.74, 6) is -16.3. The SMILES string of the molecule is O=NOC(=O)C(F)(F)C(F)(F)C(F)(F)F. The molecule has 0 rings (SSSR count). The van der Waals surface area contributed by atoms with Gasteiger partial charge < -0.3 is 0 Å². The second-order valence-corrected chi connectivity index (χ2v) is 2.10. The topological polar surface area (TPSA) is 55.7 Å². The summed E-state index contributed by atoms with van der Waals surface area (Å²) >= 11 is 0. The van der Waals surface area contributed by atoms with Gasteiger partial charge in [-0.1, -0.05) is 0 Å². The van der Waals surface area contributed by atoms with Crippen molar-refractivity contribution < 1.29 is 40.4 Å². The van der Waals surface area contributed by atoms with Gasteiger partial charge in [0.1, 0.15) is 0 Å². The first kappa shape index (κ1) is 13.6. The van der Waals surface area contributed by atoms with E-state index < -0.39 is 24.0 Å². The molecule has 0 aromatic carbocycles. The number of rotatable bonds is 3. The number of carbonyl (C=O) groups excluding carboxylic acids is 1. The number of carbonyl (C=O) groups is 1. The summed E-state index contributed by atoms with van der Waals surface area (Å²) in [4.78, 5) is 21.5. The molecule has 0 heterocycles. The Balaban J connectivity index is 5.18. The van der Waals surface area contributed by atoms with E-state index in [1.54, 1.807) is 0 Å². The van der Waals surface area contributed by atoms with E-state index in [1.807, 2.05) is 0 Å². The van der Waals surface area contributed by atoms with E-state index in [-0.39, 0.29) is 0 Å². The molecule has 0 aliphatic carbocycles. The van der Waals surface area contributed by atoms with E-state index in [4.69, 9.17) is 4.91 Å². The zero-order valence-electron chi connectivity index (χ0n) is 6.32. The van der Waals surface area contributed by atoms with Crippen molar-refractivity contribution in [1.82, 2.24) is 0 Å². The third-order valence-corrected chi connectivity index (χ3v) is 1.13. The molecule has 0 spiro atoms. The number of alkyl halides is 7. The molecular formula is C4F7NO3. The largest absolute Gasteiger partial charge is 0.460 e. The first-order valence-electron chi connectivity index (χ1n) is 2.85. The standard InChI is InChI=1S/C4F7NO3/c5-2(6,1(13)15-12-14)3(7,8)4(9,10)11. The molecule has 11 heteroatoms. The van der Waals surface area contributed by atoms with Crippen molar-refractivity contribution in [3.63, 3.8) is 0 Å². The predicted octanol–water partition coefficient (Wildman–Crippen LogP) is 2.04. The first-order chi connectivity index (χ1) is 6.48. The Bertz CT molecular complexity index is 272. The van der Waals surface area contributed by atoms with Gasteiger partial charge in [0.2, 0.25) is 0 Å². The van der Waals surface area contributed by atoms with E-state index in [2.05, 4.69) is 4.84 Å².